The largest absolute Gasteiger partial charge is 0.376 e. The molecule has 1 aromatic carbocycles. The molecule has 0 bridgehead atoms. The van der Waals surface area contributed by atoms with Crippen molar-refractivity contribution in [2.75, 3.05) is 37.7 Å². The maximum absolute atomic E-state index is 11.9. The molecule has 6 heteroatoms. The van der Waals surface area contributed by atoms with Gasteiger partial charge in [-0.2, -0.15) is 0 Å². The van der Waals surface area contributed by atoms with Gasteiger partial charge in [0, 0.05) is 38.5 Å². The molecule has 0 aliphatic carbocycles. The van der Waals surface area contributed by atoms with E-state index in [4.69, 9.17) is 4.74 Å². The van der Waals surface area contributed by atoms with Gasteiger partial charge in [-0.1, -0.05) is 19.1 Å². The second kappa shape index (κ2) is 9.74. The molecule has 27 heavy (non-hydrogen) atoms. The molecule has 1 fully saturated rings. The number of nitrogens with zero attached hydrogens (tertiary/aromatic N) is 1. The summed E-state index contributed by atoms with van der Waals surface area (Å²) >= 11 is 0. The maximum Gasteiger partial charge on any atom is 0.309 e. The topological polar surface area (TPSA) is 70.7 Å². The zero-order valence-corrected chi connectivity index (χ0v) is 16.3. The first-order valence-corrected chi connectivity index (χ1v) is 10.2. The quantitative estimate of drug-likeness (QED) is 0.715. The van der Waals surface area contributed by atoms with Crippen LogP contribution < -0.4 is 15.5 Å². The van der Waals surface area contributed by atoms with Crippen molar-refractivity contribution in [1.29, 1.82) is 0 Å². The molecule has 0 saturated carbocycles. The van der Waals surface area contributed by atoms with Crippen LogP contribution in [0.4, 0.5) is 5.69 Å². The highest BCUT2D eigenvalue weighted by molar-refractivity contribution is 6.35. The number of amides is 2. The van der Waals surface area contributed by atoms with Crippen molar-refractivity contribution in [2.24, 2.45) is 0 Å². The number of benzene rings is 1. The minimum absolute atomic E-state index is 0.0459. The Kier molecular flexibility index (Phi) is 7.10. The van der Waals surface area contributed by atoms with Crippen LogP contribution in [0.3, 0.4) is 0 Å². The van der Waals surface area contributed by atoms with E-state index in [9.17, 15) is 9.59 Å². The molecule has 2 aliphatic rings. The van der Waals surface area contributed by atoms with Crippen LogP contribution in [0.2, 0.25) is 0 Å². The van der Waals surface area contributed by atoms with Gasteiger partial charge in [0.05, 0.1) is 6.10 Å². The second-order valence-electron chi connectivity index (χ2n) is 7.40. The zero-order valence-electron chi connectivity index (χ0n) is 16.3. The normalized spacial score (nSPS) is 18.9. The number of carbonyl (C=O) groups excluding carboxylic acids is 2. The Morgan fingerprint density at radius 2 is 2.07 bits per heavy atom. The predicted octanol–water partition coefficient (Wildman–Crippen LogP) is 1.80. The summed E-state index contributed by atoms with van der Waals surface area (Å²) in [6, 6.07) is 6.59. The molecule has 0 radical (unpaired) electrons. The summed E-state index contributed by atoms with van der Waals surface area (Å²) in [4.78, 5) is 26.2. The average Bonchev–Trinajstić information content (AvgIpc) is 3.20. The van der Waals surface area contributed by atoms with E-state index in [1.54, 1.807) is 0 Å². The summed E-state index contributed by atoms with van der Waals surface area (Å²) in [5.41, 5.74) is 3.95. The molecule has 2 aliphatic heterocycles. The van der Waals surface area contributed by atoms with Gasteiger partial charge >= 0.3 is 11.8 Å². The van der Waals surface area contributed by atoms with E-state index in [-0.39, 0.29) is 6.10 Å². The van der Waals surface area contributed by atoms with Crippen molar-refractivity contribution in [3.63, 3.8) is 0 Å². The van der Waals surface area contributed by atoms with E-state index in [2.05, 4.69) is 40.7 Å². The van der Waals surface area contributed by atoms with Crippen molar-refractivity contribution >= 4 is 17.5 Å². The van der Waals surface area contributed by atoms with Gasteiger partial charge in [0.2, 0.25) is 0 Å². The summed E-state index contributed by atoms with van der Waals surface area (Å²) in [6.07, 6.45) is 6.19. The van der Waals surface area contributed by atoms with Crippen LogP contribution >= 0.6 is 0 Å². The number of fused-ring (bicyclic) bond motifs is 1. The lowest BCUT2D eigenvalue weighted by Gasteiger charge is -2.31. The number of carbonyl (C=O) groups is 2. The fourth-order valence-electron chi connectivity index (χ4n) is 3.88. The van der Waals surface area contributed by atoms with Crippen LogP contribution in [0.15, 0.2) is 18.2 Å². The van der Waals surface area contributed by atoms with Crippen LogP contribution in [0, 0.1) is 0 Å². The fourth-order valence-corrected chi connectivity index (χ4v) is 3.88. The predicted molar refractivity (Wildman–Crippen MR) is 106 cm³/mol. The Labute approximate surface area is 161 Å². The molecule has 0 spiro atoms. The Morgan fingerprint density at radius 3 is 2.85 bits per heavy atom. The van der Waals surface area contributed by atoms with E-state index in [0.717, 1.165) is 51.8 Å². The maximum atomic E-state index is 11.9. The number of anilines is 1. The first-order chi connectivity index (χ1) is 13.2. The van der Waals surface area contributed by atoms with Crippen LogP contribution in [0.5, 0.6) is 0 Å². The minimum Gasteiger partial charge on any atom is -0.376 e. The van der Waals surface area contributed by atoms with E-state index >= 15 is 0 Å². The fraction of sp³-hybridized carbons (Fsp3) is 0.619. The summed E-state index contributed by atoms with van der Waals surface area (Å²) < 4.78 is 5.44. The summed E-state index contributed by atoms with van der Waals surface area (Å²) in [7, 11) is 0. The number of nitrogens with one attached hydrogen (secondary N) is 2. The lowest BCUT2D eigenvalue weighted by atomic mass is 9.98. The number of aryl methyl sites for hydroxylation is 1. The minimum atomic E-state index is -0.578. The summed E-state index contributed by atoms with van der Waals surface area (Å²) in [6.45, 7) is 6.06. The third-order valence-electron chi connectivity index (χ3n) is 5.27. The highest BCUT2D eigenvalue weighted by Gasteiger charge is 2.19. The molecule has 6 nitrogen and oxygen atoms in total. The van der Waals surface area contributed by atoms with Crippen molar-refractivity contribution in [1.82, 2.24) is 10.6 Å². The van der Waals surface area contributed by atoms with Gasteiger partial charge < -0.3 is 20.3 Å². The van der Waals surface area contributed by atoms with E-state index < -0.39 is 11.8 Å². The molecular formula is C21H31N3O3. The second-order valence-corrected chi connectivity index (χ2v) is 7.40. The lowest BCUT2D eigenvalue weighted by molar-refractivity contribution is -0.139. The van der Waals surface area contributed by atoms with Crippen LogP contribution in [-0.4, -0.2) is 50.7 Å². The van der Waals surface area contributed by atoms with Crippen LogP contribution in [0.25, 0.3) is 0 Å². The van der Waals surface area contributed by atoms with Gasteiger partial charge in [-0.25, -0.2) is 0 Å². The SMILES string of the molecule is CCCN1CCCc2cc(CCNC(=O)C(=O)NC[C@H]3CCCO3)ccc21. The summed E-state index contributed by atoms with van der Waals surface area (Å²) in [5.74, 6) is -1.15. The zero-order chi connectivity index (χ0) is 19.1. The van der Waals surface area contributed by atoms with Gasteiger partial charge in [-0.3, -0.25) is 9.59 Å². The Hall–Kier alpha value is -2.08. The molecule has 3 rings (SSSR count). The van der Waals surface area contributed by atoms with E-state index in [1.807, 2.05) is 0 Å². The molecule has 1 aromatic rings. The monoisotopic (exact) mass is 373 g/mol. The first kappa shape index (κ1) is 19.7. The lowest BCUT2D eigenvalue weighted by Crippen LogP contribution is -2.43. The average molecular weight is 373 g/mol. The smallest absolute Gasteiger partial charge is 0.309 e. The molecule has 1 saturated heterocycles. The Morgan fingerprint density at radius 1 is 1.22 bits per heavy atom. The molecule has 0 aromatic heterocycles. The molecule has 2 amide bonds. The highest BCUT2D eigenvalue weighted by Crippen LogP contribution is 2.28. The first-order valence-electron chi connectivity index (χ1n) is 10.2. The van der Waals surface area contributed by atoms with Crippen molar-refractivity contribution in [3.8, 4) is 0 Å². The van der Waals surface area contributed by atoms with E-state index in [1.165, 1.54) is 23.2 Å². The van der Waals surface area contributed by atoms with Gasteiger partial charge in [0.1, 0.15) is 0 Å². The molecule has 2 heterocycles. The third-order valence-corrected chi connectivity index (χ3v) is 5.27. The van der Waals surface area contributed by atoms with Gasteiger partial charge in [0.25, 0.3) is 0 Å². The van der Waals surface area contributed by atoms with E-state index in [0.29, 0.717) is 13.1 Å². The molecule has 1 atom stereocenters. The Bertz CT molecular complexity index is 656. The molecule has 0 unspecified atom stereocenters. The van der Waals surface area contributed by atoms with Gasteiger partial charge in [0.15, 0.2) is 0 Å². The van der Waals surface area contributed by atoms with Crippen LogP contribution in [-0.2, 0) is 27.2 Å². The molecule has 2 N–H and O–H groups in total. The number of hydrogen-bond acceptors (Lipinski definition) is 4. The number of rotatable bonds is 7. The van der Waals surface area contributed by atoms with Gasteiger partial charge in [-0.15, -0.1) is 0 Å². The van der Waals surface area contributed by atoms with Gasteiger partial charge in [-0.05, 0) is 55.7 Å². The highest BCUT2D eigenvalue weighted by atomic mass is 16.5. The Balaban J connectivity index is 1.43. The van der Waals surface area contributed by atoms with Crippen molar-refractivity contribution in [2.45, 2.75) is 51.6 Å². The summed E-state index contributed by atoms with van der Waals surface area (Å²) in [5, 5.41) is 5.36. The third kappa shape index (κ3) is 5.45. The molecular weight excluding hydrogens is 342 g/mol. The van der Waals surface area contributed by atoms with Crippen LogP contribution in [0.1, 0.15) is 43.7 Å². The molecule has 148 valence electrons. The van der Waals surface area contributed by atoms with Crippen molar-refractivity contribution in [3.05, 3.63) is 29.3 Å². The van der Waals surface area contributed by atoms with Crippen molar-refractivity contribution < 1.29 is 14.3 Å². The number of hydrogen-bond donors (Lipinski definition) is 2. The standard InChI is InChI=1S/C21H31N3O3/c1-2-11-24-12-3-5-17-14-16(7-8-19(17)24)9-10-22-20(25)21(26)23-15-18-6-4-13-27-18/h7-8,14,18H,2-6,9-13,15H2,1H3,(H,22,25)(H,23,26)/t18-/m1/s1. The number of ether oxygens (including phenoxy) is 1.